The molecule has 3 aromatic carbocycles. The Kier molecular flexibility index (Phi) is 10.0. The summed E-state index contributed by atoms with van der Waals surface area (Å²) in [4.78, 5) is 34.9. The molecular formula is C31H27F5N2O4. The number of ether oxygens (including phenoxy) is 1. The van der Waals surface area contributed by atoms with E-state index in [0.717, 1.165) is 30.9 Å². The maximum Gasteiger partial charge on any atom is 0.417 e. The minimum atomic E-state index is -4.65. The summed E-state index contributed by atoms with van der Waals surface area (Å²) in [6.07, 6.45) is -3.09. The molecule has 0 aliphatic carbocycles. The molecule has 6 nitrogen and oxygen atoms in total. The Labute approximate surface area is 238 Å². The number of benzene rings is 3. The maximum absolute atomic E-state index is 14.0. The van der Waals surface area contributed by atoms with E-state index in [1.807, 2.05) is 18.3 Å². The average molecular weight is 587 g/mol. The number of pyridine rings is 1. The van der Waals surface area contributed by atoms with Gasteiger partial charge in [0.25, 0.3) is 11.5 Å². The second-order valence-corrected chi connectivity index (χ2v) is 9.06. The summed E-state index contributed by atoms with van der Waals surface area (Å²) in [6.45, 7) is 3.06. The van der Waals surface area contributed by atoms with Crippen molar-refractivity contribution < 1.29 is 36.3 Å². The van der Waals surface area contributed by atoms with Crippen molar-refractivity contribution in [3.63, 3.8) is 0 Å². The summed E-state index contributed by atoms with van der Waals surface area (Å²) >= 11 is 0. The van der Waals surface area contributed by atoms with E-state index < -0.39 is 52.9 Å². The lowest BCUT2D eigenvalue weighted by Crippen LogP contribution is -2.31. The molecule has 1 heterocycles. The Morgan fingerprint density at radius 1 is 0.952 bits per heavy atom. The van der Waals surface area contributed by atoms with Gasteiger partial charge in [0, 0.05) is 12.4 Å². The third-order valence-electron chi connectivity index (χ3n) is 6.28. The van der Waals surface area contributed by atoms with Gasteiger partial charge in [-0.3, -0.25) is 14.4 Å². The van der Waals surface area contributed by atoms with E-state index >= 15 is 0 Å². The van der Waals surface area contributed by atoms with Gasteiger partial charge < -0.3 is 14.6 Å². The number of amides is 1. The number of carbonyl (C=O) groups excluding carboxylic acids is 2. The Bertz CT molecular complexity index is 1700. The number of halogens is 5. The molecule has 0 unspecified atom stereocenters. The molecule has 1 aromatic heterocycles. The van der Waals surface area contributed by atoms with E-state index in [-0.39, 0.29) is 22.0 Å². The zero-order valence-electron chi connectivity index (χ0n) is 23.1. The molecule has 0 radical (unpaired) electrons. The van der Waals surface area contributed by atoms with Crippen LogP contribution in [0.2, 0.25) is 0 Å². The van der Waals surface area contributed by atoms with Crippen LogP contribution in [0.3, 0.4) is 0 Å². The molecule has 42 heavy (non-hydrogen) atoms. The van der Waals surface area contributed by atoms with Crippen molar-refractivity contribution in [1.29, 1.82) is 0 Å². The van der Waals surface area contributed by atoms with Crippen LogP contribution in [0.1, 0.15) is 39.5 Å². The smallest absolute Gasteiger partial charge is 0.417 e. The third-order valence-corrected chi connectivity index (χ3v) is 6.28. The minimum absolute atomic E-state index is 0.0177. The Hall–Kier alpha value is -4.80. The lowest BCUT2D eigenvalue weighted by molar-refractivity contribution is -0.139. The molecule has 1 amide bonds. The molecule has 0 aliphatic rings. The SMILES string of the molecule is C/C=C(/c1cccc(C)c1)c1c(C(F)(F)F)c2ccccc2n(C)c1=O.COC(=O)CNC(=O)c1c(F)cccc1F. The first-order chi connectivity index (χ1) is 19.8. The van der Waals surface area contributed by atoms with Crippen molar-refractivity contribution in [3.8, 4) is 0 Å². The first-order valence-corrected chi connectivity index (χ1v) is 12.5. The van der Waals surface area contributed by atoms with Crippen molar-refractivity contribution in [2.24, 2.45) is 7.05 Å². The van der Waals surface area contributed by atoms with Crippen LogP contribution in [-0.2, 0) is 22.8 Å². The monoisotopic (exact) mass is 586 g/mol. The van der Waals surface area contributed by atoms with Gasteiger partial charge in [-0.15, -0.1) is 0 Å². The number of aromatic nitrogens is 1. The van der Waals surface area contributed by atoms with Gasteiger partial charge in [-0.2, -0.15) is 13.2 Å². The molecule has 0 saturated carbocycles. The minimum Gasteiger partial charge on any atom is -0.468 e. The molecule has 4 rings (SSSR count). The van der Waals surface area contributed by atoms with Crippen molar-refractivity contribution >= 4 is 28.4 Å². The van der Waals surface area contributed by atoms with E-state index in [2.05, 4.69) is 4.74 Å². The van der Waals surface area contributed by atoms with Crippen LogP contribution < -0.4 is 10.9 Å². The highest BCUT2D eigenvalue weighted by Gasteiger charge is 2.38. The van der Waals surface area contributed by atoms with Gasteiger partial charge in [0.15, 0.2) is 0 Å². The zero-order valence-corrected chi connectivity index (χ0v) is 23.1. The van der Waals surface area contributed by atoms with E-state index in [0.29, 0.717) is 5.56 Å². The number of aryl methyl sites for hydroxylation is 2. The summed E-state index contributed by atoms with van der Waals surface area (Å²) in [6, 6.07) is 16.3. The summed E-state index contributed by atoms with van der Waals surface area (Å²) in [5, 5.41) is 2.06. The molecule has 0 bridgehead atoms. The lowest BCUT2D eigenvalue weighted by atomic mass is 9.91. The van der Waals surface area contributed by atoms with E-state index in [1.54, 1.807) is 43.3 Å². The van der Waals surface area contributed by atoms with Crippen LogP contribution in [0.15, 0.2) is 77.6 Å². The number of nitrogens with zero attached hydrogens (tertiary/aromatic N) is 1. The number of para-hydroxylation sites is 1. The van der Waals surface area contributed by atoms with Gasteiger partial charge in [0.2, 0.25) is 0 Å². The number of esters is 1. The van der Waals surface area contributed by atoms with Crippen LogP contribution >= 0.6 is 0 Å². The highest BCUT2D eigenvalue weighted by atomic mass is 19.4. The predicted octanol–water partition coefficient (Wildman–Crippen LogP) is 6.18. The molecule has 4 aromatic rings. The average Bonchev–Trinajstić information content (AvgIpc) is 2.94. The normalized spacial score (nSPS) is 11.5. The maximum atomic E-state index is 14.0. The van der Waals surface area contributed by atoms with Crippen LogP contribution in [0, 0.1) is 18.6 Å². The highest BCUT2D eigenvalue weighted by Crippen LogP contribution is 2.39. The number of methoxy groups -OCH3 is 1. The fourth-order valence-corrected chi connectivity index (χ4v) is 4.34. The topological polar surface area (TPSA) is 77.4 Å². The first-order valence-electron chi connectivity index (χ1n) is 12.5. The number of rotatable bonds is 5. The van der Waals surface area contributed by atoms with Crippen molar-refractivity contribution in [2.45, 2.75) is 20.0 Å². The molecule has 0 saturated heterocycles. The summed E-state index contributed by atoms with van der Waals surface area (Å²) in [7, 11) is 2.63. The van der Waals surface area contributed by atoms with Crippen LogP contribution in [0.4, 0.5) is 22.0 Å². The number of hydrogen-bond donors (Lipinski definition) is 1. The van der Waals surface area contributed by atoms with E-state index in [9.17, 15) is 36.3 Å². The Balaban J connectivity index is 0.000000260. The van der Waals surface area contributed by atoms with Gasteiger partial charge in [0.05, 0.1) is 23.8 Å². The Morgan fingerprint density at radius 3 is 2.14 bits per heavy atom. The number of hydrogen-bond acceptors (Lipinski definition) is 4. The standard InChI is InChI=1S/C21H18F3NO.C10H9F2NO3/c1-4-15(14-9-7-8-13(2)12-14)18-19(21(22,23)24)16-10-5-6-11-17(16)25(3)20(18)26;1-16-8(14)5-13-10(15)9-6(11)3-2-4-7(9)12/h4-12H,1-3H3;2-4H,5H2,1H3,(H,13,15)/b15-4-;. The first kappa shape index (κ1) is 31.7. The number of fused-ring (bicyclic) bond motifs is 1. The Morgan fingerprint density at radius 2 is 1.57 bits per heavy atom. The zero-order chi connectivity index (χ0) is 31.2. The molecule has 0 atom stereocenters. The molecule has 0 aliphatic heterocycles. The molecule has 0 fully saturated rings. The van der Waals surface area contributed by atoms with Crippen molar-refractivity contribution in [2.75, 3.05) is 13.7 Å². The summed E-state index contributed by atoms with van der Waals surface area (Å²) in [5.41, 5.74) is -0.534. The van der Waals surface area contributed by atoms with Gasteiger partial charge in [-0.05, 0) is 43.2 Å². The summed E-state index contributed by atoms with van der Waals surface area (Å²) in [5.74, 6) is -3.67. The molecule has 0 spiro atoms. The lowest BCUT2D eigenvalue weighted by Gasteiger charge is -2.20. The van der Waals surface area contributed by atoms with Crippen LogP contribution in [0.5, 0.6) is 0 Å². The molecule has 220 valence electrons. The van der Waals surface area contributed by atoms with Crippen LogP contribution in [-0.4, -0.2) is 30.1 Å². The fourth-order valence-electron chi connectivity index (χ4n) is 4.34. The van der Waals surface area contributed by atoms with E-state index in [1.165, 1.54) is 23.7 Å². The van der Waals surface area contributed by atoms with Gasteiger partial charge in [-0.25, -0.2) is 8.78 Å². The number of nitrogens with one attached hydrogen (secondary N) is 1. The second-order valence-electron chi connectivity index (χ2n) is 9.06. The number of alkyl halides is 3. The van der Waals surface area contributed by atoms with Crippen molar-refractivity contribution in [3.05, 3.63) is 123 Å². The van der Waals surface area contributed by atoms with Crippen molar-refractivity contribution in [1.82, 2.24) is 9.88 Å². The van der Waals surface area contributed by atoms with E-state index in [4.69, 9.17) is 0 Å². The van der Waals surface area contributed by atoms with Gasteiger partial charge >= 0.3 is 12.1 Å². The van der Waals surface area contributed by atoms with Gasteiger partial charge in [-0.1, -0.05) is 60.2 Å². The number of carbonyl (C=O) groups is 2. The molecule has 11 heteroatoms. The summed E-state index contributed by atoms with van der Waals surface area (Å²) < 4.78 is 73.7. The second kappa shape index (κ2) is 13.2. The van der Waals surface area contributed by atoms with Gasteiger partial charge in [0.1, 0.15) is 23.7 Å². The largest absolute Gasteiger partial charge is 0.468 e. The van der Waals surface area contributed by atoms with Crippen LogP contribution in [0.25, 0.3) is 16.5 Å². The number of allylic oxidation sites excluding steroid dienone is 1. The quantitative estimate of drug-likeness (QED) is 0.224. The third kappa shape index (κ3) is 6.91. The molecular weight excluding hydrogens is 559 g/mol. The highest BCUT2D eigenvalue weighted by molar-refractivity contribution is 5.96. The predicted molar refractivity (Wildman–Crippen MR) is 149 cm³/mol. The fraction of sp³-hybridized carbons (Fsp3) is 0.194. The molecule has 1 N–H and O–H groups in total.